The third-order valence-corrected chi connectivity index (χ3v) is 3.47. The SMILES string of the molecule is OC(c1cc2ccccc2o1)C1CCCCN1. The highest BCUT2D eigenvalue weighted by Crippen LogP contribution is 2.28. The van der Waals surface area contributed by atoms with Gasteiger partial charge in [0, 0.05) is 11.4 Å². The minimum Gasteiger partial charge on any atom is -0.458 e. The van der Waals surface area contributed by atoms with E-state index in [4.69, 9.17) is 4.42 Å². The topological polar surface area (TPSA) is 45.4 Å². The van der Waals surface area contributed by atoms with Gasteiger partial charge in [-0.05, 0) is 31.5 Å². The molecule has 3 heteroatoms. The standard InChI is InChI=1S/C14H17NO2/c16-14(11-6-3-4-8-15-11)13-9-10-5-1-2-7-12(10)17-13/h1-2,5,7,9,11,14-16H,3-4,6,8H2. The summed E-state index contributed by atoms with van der Waals surface area (Å²) in [5, 5.41) is 14.7. The molecule has 0 saturated carbocycles. The molecule has 1 aromatic heterocycles. The molecule has 2 atom stereocenters. The first-order valence-electron chi connectivity index (χ1n) is 6.24. The second-order valence-corrected chi connectivity index (χ2v) is 4.69. The normalized spacial score (nSPS) is 22.8. The lowest BCUT2D eigenvalue weighted by Crippen LogP contribution is -2.38. The number of piperidine rings is 1. The van der Waals surface area contributed by atoms with Gasteiger partial charge in [-0.25, -0.2) is 0 Å². The molecule has 2 aromatic rings. The van der Waals surface area contributed by atoms with Crippen LogP contribution in [0.1, 0.15) is 31.1 Å². The van der Waals surface area contributed by atoms with E-state index < -0.39 is 6.10 Å². The molecule has 17 heavy (non-hydrogen) atoms. The highest BCUT2D eigenvalue weighted by molar-refractivity contribution is 5.77. The quantitative estimate of drug-likeness (QED) is 0.835. The van der Waals surface area contributed by atoms with Gasteiger partial charge >= 0.3 is 0 Å². The predicted octanol–water partition coefficient (Wildman–Crippen LogP) is 2.61. The Morgan fingerprint density at radius 2 is 2.18 bits per heavy atom. The van der Waals surface area contributed by atoms with Gasteiger partial charge in [-0.15, -0.1) is 0 Å². The summed E-state index contributed by atoms with van der Waals surface area (Å²) in [6, 6.07) is 9.93. The van der Waals surface area contributed by atoms with E-state index in [-0.39, 0.29) is 6.04 Å². The van der Waals surface area contributed by atoms with Crippen LogP contribution in [0.3, 0.4) is 0 Å². The summed E-state index contributed by atoms with van der Waals surface area (Å²) in [6.45, 7) is 0.988. The molecule has 0 aliphatic carbocycles. The minimum absolute atomic E-state index is 0.129. The van der Waals surface area contributed by atoms with E-state index in [0.29, 0.717) is 5.76 Å². The summed E-state index contributed by atoms with van der Waals surface area (Å²) < 4.78 is 5.69. The van der Waals surface area contributed by atoms with Gasteiger partial charge in [-0.3, -0.25) is 0 Å². The summed E-state index contributed by atoms with van der Waals surface area (Å²) in [7, 11) is 0. The van der Waals surface area contributed by atoms with Gasteiger partial charge in [0.25, 0.3) is 0 Å². The monoisotopic (exact) mass is 231 g/mol. The number of para-hydroxylation sites is 1. The van der Waals surface area contributed by atoms with Gasteiger partial charge in [-0.2, -0.15) is 0 Å². The summed E-state index contributed by atoms with van der Waals surface area (Å²) in [6.07, 6.45) is 2.85. The molecule has 0 spiro atoms. The molecular formula is C14H17NO2. The number of hydrogen-bond donors (Lipinski definition) is 2. The molecule has 1 aromatic carbocycles. The van der Waals surface area contributed by atoms with E-state index in [9.17, 15) is 5.11 Å². The number of rotatable bonds is 2. The van der Waals surface area contributed by atoms with E-state index in [1.165, 1.54) is 12.8 Å². The second-order valence-electron chi connectivity index (χ2n) is 4.69. The molecule has 2 N–H and O–H groups in total. The first kappa shape index (κ1) is 10.8. The van der Waals surface area contributed by atoms with E-state index in [1.807, 2.05) is 30.3 Å². The zero-order valence-electron chi connectivity index (χ0n) is 9.73. The zero-order valence-corrected chi connectivity index (χ0v) is 9.73. The van der Waals surface area contributed by atoms with E-state index >= 15 is 0 Å². The Labute approximate surface area is 100 Å². The van der Waals surface area contributed by atoms with Crippen LogP contribution in [0.5, 0.6) is 0 Å². The van der Waals surface area contributed by atoms with Gasteiger partial charge in [-0.1, -0.05) is 24.6 Å². The molecule has 1 fully saturated rings. The lowest BCUT2D eigenvalue weighted by atomic mass is 9.98. The molecule has 1 aliphatic rings. The van der Waals surface area contributed by atoms with Crippen LogP contribution in [-0.4, -0.2) is 17.7 Å². The third kappa shape index (κ3) is 2.08. The molecule has 0 radical (unpaired) electrons. The molecule has 3 rings (SSSR count). The fraction of sp³-hybridized carbons (Fsp3) is 0.429. The maximum atomic E-state index is 10.3. The van der Waals surface area contributed by atoms with Crippen molar-refractivity contribution >= 4 is 11.0 Å². The van der Waals surface area contributed by atoms with Gasteiger partial charge in [0.05, 0.1) is 0 Å². The van der Waals surface area contributed by atoms with Crippen molar-refractivity contribution in [1.82, 2.24) is 5.32 Å². The van der Waals surface area contributed by atoms with Crippen molar-refractivity contribution in [2.75, 3.05) is 6.54 Å². The largest absolute Gasteiger partial charge is 0.458 e. The van der Waals surface area contributed by atoms with Crippen LogP contribution in [-0.2, 0) is 0 Å². The maximum absolute atomic E-state index is 10.3. The average Bonchev–Trinajstić information content (AvgIpc) is 2.82. The lowest BCUT2D eigenvalue weighted by molar-refractivity contribution is 0.0941. The van der Waals surface area contributed by atoms with Crippen LogP contribution < -0.4 is 5.32 Å². The zero-order chi connectivity index (χ0) is 11.7. The van der Waals surface area contributed by atoms with Crippen molar-refractivity contribution in [3.8, 4) is 0 Å². The number of benzene rings is 1. The van der Waals surface area contributed by atoms with Gasteiger partial charge in [0.1, 0.15) is 17.4 Å². The molecule has 90 valence electrons. The van der Waals surface area contributed by atoms with Crippen LogP contribution in [0.15, 0.2) is 34.7 Å². The Morgan fingerprint density at radius 1 is 1.29 bits per heavy atom. The molecule has 2 heterocycles. The number of hydrogen-bond acceptors (Lipinski definition) is 3. The summed E-state index contributed by atoms with van der Waals surface area (Å²) >= 11 is 0. The van der Waals surface area contributed by atoms with Crippen molar-refractivity contribution < 1.29 is 9.52 Å². The third-order valence-electron chi connectivity index (χ3n) is 3.47. The van der Waals surface area contributed by atoms with Gasteiger partial charge in [0.2, 0.25) is 0 Å². The van der Waals surface area contributed by atoms with Crippen molar-refractivity contribution in [1.29, 1.82) is 0 Å². The second kappa shape index (κ2) is 4.51. The molecule has 0 amide bonds. The highest BCUT2D eigenvalue weighted by Gasteiger charge is 2.25. The first-order valence-corrected chi connectivity index (χ1v) is 6.24. The number of fused-ring (bicyclic) bond motifs is 1. The van der Waals surface area contributed by atoms with Crippen LogP contribution in [0.25, 0.3) is 11.0 Å². The van der Waals surface area contributed by atoms with Crippen LogP contribution in [0, 0.1) is 0 Å². The number of aliphatic hydroxyl groups is 1. The predicted molar refractivity (Wildman–Crippen MR) is 66.8 cm³/mol. The van der Waals surface area contributed by atoms with E-state index in [1.54, 1.807) is 0 Å². The van der Waals surface area contributed by atoms with Crippen molar-refractivity contribution in [3.05, 3.63) is 36.1 Å². The minimum atomic E-state index is -0.539. The Balaban J connectivity index is 1.86. The average molecular weight is 231 g/mol. The Hall–Kier alpha value is -1.32. The maximum Gasteiger partial charge on any atom is 0.135 e. The lowest BCUT2D eigenvalue weighted by Gasteiger charge is -2.26. The molecule has 3 nitrogen and oxygen atoms in total. The summed E-state index contributed by atoms with van der Waals surface area (Å²) in [4.78, 5) is 0. The fourth-order valence-electron chi connectivity index (χ4n) is 2.49. The Morgan fingerprint density at radius 3 is 2.94 bits per heavy atom. The molecule has 1 aliphatic heterocycles. The van der Waals surface area contributed by atoms with Crippen molar-refractivity contribution in [3.63, 3.8) is 0 Å². The van der Waals surface area contributed by atoms with Crippen molar-refractivity contribution in [2.45, 2.75) is 31.4 Å². The molecule has 1 saturated heterocycles. The number of nitrogens with one attached hydrogen (secondary N) is 1. The van der Waals surface area contributed by atoms with E-state index in [0.717, 1.165) is 23.9 Å². The summed E-state index contributed by atoms with van der Waals surface area (Å²) in [5.74, 6) is 0.672. The number of furan rings is 1. The molecule has 2 unspecified atom stereocenters. The Bertz CT molecular complexity index is 467. The molecule has 0 bridgehead atoms. The fourth-order valence-corrected chi connectivity index (χ4v) is 2.49. The smallest absolute Gasteiger partial charge is 0.135 e. The van der Waals surface area contributed by atoms with Crippen LogP contribution in [0.4, 0.5) is 0 Å². The first-order chi connectivity index (χ1) is 8.34. The highest BCUT2D eigenvalue weighted by atomic mass is 16.4. The summed E-state index contributed by atoms with van der Waals surface area (Å²) in [5.41, 5.74) is 0.845. The van der Waals surface area contributed by atoms with Crippen LogP contribution in [0.2, 0.25) is 0 Å². The molecular weight excluding hydrogens is 214 g/mol. The number of aliphatic hydroxyl groups excluding tert-OH is 1. The van der Waals surface area contributed by atoms with Crippen LogP contribution >= 0.6 is 0 Å². The van der Waals surface area contributed by atoms with Gasteiger partial charge in [0.15, 0.2) is 0 Å². The van der Waals surface area contributed by atoms with Gasteiger partial charge < -0.3 is 14.8 Å². The Kier molecular flexibility index (Phi) is 2.87. The van der Waals surface area contributed by atoms with E-state index in [2.05, 4.69) is 5.32 Å². The van der Waals surface area contributed by atoms with Crippen molar-refractivity contribution in [2.24, 2.45) is 0 Å².